The van der Waals surface area contributed by atoms with Gasteiger partial charge in [-0.1, -0.05) is 57.4 Å². The summed E-state index contributed by atoms with van der Waals surface area (Å²) in [4.78, 5) is 39.3. The van der Waals surface area contributed by atoms with Crippen molar-refractivity contribution in [1.82, 2.24) is 5.32 Å². The van der Waals surface area contributed by atoms with Crippen molar-refractivity contribution in [2.75, 3.05) is 12.0 Å². The lowest BCUT2D eigenvalue weighted by atomic mass is 10.1. The normalized spacial score (nSPS) is 14.8. The third kappa shape index (κ3) is 5.29. The summed E-state index contributed by atoms with van der Waals surface area (Å²) in [6, 6.07) is 15.4. The Morgan fingerprint density at radius 3 is 2.53 bits per heavy atom. The molecule has 0 atom stereocenters. The van der Waals surface area contributed by atoms with Crippen molar-refractivity contribution < 1.29 is 23.9 Å². The summed E-state index contributed by atoms with van der Waals surface area (Å²) in [6.07, 6.45) is 1.37. The van der Waals surface area contributed by atoms with Gasteiger partial charge in [-0.25, -0.2) is 9.69 Å². The van der Waals surface area contributed by atoms with Crippen molar-refractivity contribution >= 4 is 57.1 Å². The number of ether oxygens (including phenoxy) is 2. The Hall–Kier alpha value is -3.62. The molecule has 0 radical (unpaired) electrons. The van der Waals surface area contributed by atoms with Gasteiger partial charge in [0.25, 0.3) is 11.8 Å². The quantitative estimate of drug-likeness (QED) is 0.292. The Labute approximate surface area is 221 Å². The summed E-state index contributed by atoms with van der Waals surface area (Å²) >= 11 is 9.86. The van der Waals surface area contributed by atoms with Gasteiger partial charge in [0.15, 0.2) is 11.5 Å². The van der Waals surface area contributed by atoms with Gasteiger partial charge in [0.1, 0.15) is 12.2 Å². The second kappa shape index (κ2) is 10.6. The fourth-order valence-corrected chi connectivity index (χ4v) is 4.58. The zero-order valence-corrected chi connectivity index (χ0v) is 22.1. The summed E-state index contributed by atoms with van der Waals surface area (Å²) in [7, 11) is 1.47. The van der Waals surface area contributed by atoms with E-state index < -0.39 is 17.8 Å². The van der Waals surface area contributed by atoms with E-state index in [2.05, 4.69) is 21.2 Å². The fourth-order valence-electron chi connectivity index (χ4n) is 3.83. The molecule has 3 aromatic rings. The van der Waals surface area contributed by atoms with Crippen LogP contribution in [0.2, 0.25) is 5.02 Å². The van der Waals surface area contributed by atoms with Crippen LogP contribution in [0.4, 0.5) is 10.5 Å². The number of anilines is 1. The van der Waals surface area contributed by atoms with Gasteiger partial charge in [0.2, 0.25) is 0 Å². The lowest BCUT2D eigenvalue weighted by Crippen LogP contribution is -2.54. The second-order valence-corrected chi connectivity index (χ2v) is 9.52. The predicted octanol–water partition coefficient (Wildman–Crippen LogP) is 5.97. The standard InChI is InChI=1S/C27H22BrClN2O5/c1-15-5-4-6-17(9-15)14-36-24-21(29)12-18(13-23(24)35-3)11-20-25(32)30-27(34)31(26(20)33)22-8-7-19(28)10-16(22)2/h4-13H,14H2,1-3H3,(H,30,32,34)/b20-11-. The Kier molecular flexibility index (Phi) is 7.47. The molecule has 184 valence electrons. The van der Waals surface area contributed by atoms with E-state index in [0.29, 0.717) is 28.3 Å². The van der Waals surface area contributed by atoms with Gasteiger partial charge in [0, 0.05) is 4.47 Å². The maximum absolute atomic E-state index is 13.3. The number of rotatable bonds is 6. The van der Waals surface area contributed by atoms with Crippen molar-refractivity contribution in [3.05, 3.63) is 91.9 Å². The molecule has 7 nitrogen and oxygen atoms in total. The summed E-state index contributed by atoms with van der Waals surface area (Å²) in [6.45, 7) is 4.04. The van der Waals surface area contributed by atoms with Gasteiger partial charge in [-0.2, -0.15) is 0 Å². The number of carbonyl (C=O) groups excluding carboxylic acids is 3. The average molecular weight is 570 g/mol. The highest BCUT2D eigenvalue weighted by molar-refractivity contribution is 9.10. The molecule has 0 unspecified atom stereocenters. The highest BCUT2D eigenvalue weighted by Crippen LogP contribution is 2.38. The molecule has 1 aliphatic rings. The first-order valence-electron chi connectivity index (χ1n) is 10.9. The number of aryl methyl sites for hydroxylation is 2. The number of carbonyl (C=O) groups is 3. The van der Waals surface area contributed by atoms with Crippen LogP contribution < -0.4 is 19.7 Å². The highest BCUT2D eigenvalue weighted by atomic mass is 79.9. The lowest BCUT2D eigenvalue weighted by molar-refractivity contribution is -0.122. The van der Waals surface area contributed by atoms with Crippen LogP contribution in [0.5, 0.6) is 11.5 Å². The summed E-state index contributed by atoms with van der Waals surface area (Å²) in [5, 5.41) is 2.47. The number of urea groups is 1. The average Bonchev–Trinajstić information content (AvgIpc) is 2.82. The van der Waals surface area contributed by atoms with E-state index in [4.69, 9.17) is 21.1 Å². The number of halogens is 2. The lowest BCUT2D eigenvalue weighted by Gasteiger charge is -2.27. The molecule has 1 N–H and O–H groups in total. The molecule has 0 aliphatic carbocycles. The zero-order chi connectivity index (χ0) is 26.0. The largest absolute Gasteiger partial charge is 0.493 e. The van der Waals surface area contributed by atoms with Crippen LogP contribution >= 0.6 is 27.5 Å². The second-order valence-electron chi connectivity index (χ2n) is 8.20. The third-order valence-electron chi connectivity index (χ3n) is 5.53. The Morgan fingerprint density at radius 1 is 1.06 bits per heavy atom. The molecule has 1 heterocycles. The molecule has 0 spiro atoms. The molecule has 36 heavy (non-hydrogen) atoms. The van der Waals surface area contributed by atoms with Gasteiger partial charge in [-0.05, 0) is 66.9 Å². The number of imide groups is 2. The number of methoxy groups -OCH3 is 1. The Balaban J connectivity index is 1.66. The predicted molar refractivity (Wildman–Crippen MR) is 141 cm³/mol. The van der Waals surface area contributed by atoms with Crippen LogP contribution in [0.3, 0.4) is 0 Å². The Morgan fingerprint density at radius 2 is 1.83 bits per heavy atom. The fraction of sp³-hybridized carbons (Fsp3) is 0.148. The molecule has 1 saturated heterocycles. The van der Waals surface area contributed by atoms with E-state index in [9.17, 15) is 14.4 Å². The van der Waals surface area contributed by atoms with Crippen LogP contribution in [0, 0.1) is 13.8 Å². The minimum Gasteiger partial charge on any atom is -0.493 e. The van der Waals surface area contributed by atoms with Crippen LogP contribution in [0.15, 0.2) is 64.6 Å². The van der Waals surface area contributed by atoms with E-state index in [-0.39, 0.29) is 17.2 Å². The number of amides is 4. The van der Waals surface area contributed by atoms with Crippen LogP contribution in [-0.2, 0) is 16.2 Å². The number of hydrogen-bond donors (Lipinski definition) is 1. The molecule has 0 bridgehead atoms. The number of nitrogens with zero attached hydrogens (tertiary/aromatic N) is 1. The van der Waals surface area contributed by atoms with Crippen LogP contribution in [-0.4, -0.2) is 25.0 Å². The minimum absolute atomic E-state index is 0.219. The number of hydrogen-bond acceptors (Lipinski definition) is 5. The van der Waals surface area contributed by atoms with Gasteiger partial charge in [-0.15, -0.1) is 0 Å². The van der Waals surface area contributed by atoms with Crippen LogP contribution in [0.1, 0.15) is 22.3 Å². The van der Waals surface area contributed by atoms with Crippen molar-refractivity contribution in [2.45, 2.75) is 20.5 Å². The molecule has 1 fully saturated rings. The first-order chi connectivity index (χ1) is 17.2. The minimum atomic E-state index is -0.817. The summed E-state index contributed by atoms with van der Waals surface area (Å²) in [5.41, 5.74) is 3.34. The molecule has 1 aliphatic heterocycles. The number of nitrogens with one attached hydrogen (secondary N) is 1. The van der Waals surface area contributed by atoms with Gasteiger partial charge in [0.05, 0.1) is 17.8 Å². The number of barbiturate groups is 1. The molecule has 4 amide bonds. The van der Waals surface area contributed by atoms with Gasteiger partial charge >= 0.3 is 6.03 Å². The third-order valence-corrected chi connectivity index (χ3v) is 6.30. The van der Waals surface area contributed by atoms with Gasteiger partial charge < -0.3 is 9.47 Å². The summed E-state index contributed by atoms with van der Waals surface area (Å²) < 4.78 is 12.2. The molecule has 9 heteroatoms. The van der Waals surface area contributed by atoms with Crippen molar-refractivity contribution in [2.24, 2.45) is 0 Å². The highest BCUT2D eigenvalue weighted by Gasteiger charge is 2.37. The molecule has 4 rings (SSSR count). The number of benzene rings is 3. The monoisotopic (exact) mass is 568 g/mol. The van der Waals surface area contributed by atoms with Crippen molar-refractivity contribution in [3.63, 3.8) is 0 Å². The Bertz CT molecular complexity index is 1420. The molecular weight excluding hydrogens is 548 g/mol. The maximum Gasteiger partial charge on any atom is 0.335 e. The molecule has 0 saturated carbocycles. The van der Waals surface area contributed by atoms with E-state index in [1.54, 1.807) is 37.3 Å². The first kappa shape index (κ1) is 25.5. The van der Waals surface area contributed by atoms with Crippen molar-refractivity contribution in [3.8, 4) is 11.5 Å². The SMILES string of the molecule is COc1cc(/C=C2/C(=O)NC(=O)N(c3ccc(Br)cc3C)C2=O)cc(Cl)c1OCc1cccc(C)c1. The smallest absolute Gasteiger partial charge is 0.335 e. The van der Waals surface area contributed by atoms with Gasteiger partial charge in [-0.3, -0.25) is 14.9 Å². The topological polar surface area (TPSA) is 84.9 Å². The zero-order valence-electron chi connectivity index (χ0n) is 19.7. The molecule has 0 aromatic heterocycles. The first-order valence-corrected chi connectivity index (χ1v) is 12.1. The van der Waals surface area contributed by atoms with Crippen molar-refractivity contribution in [1.29, 1.82) is 0 Å². The maximum atomic E-state index is 13.3. The van der Waals surface area contributed by atoms with E-state index in [1.165, 1.54) is 13.2 Å². The van der Waals surface area contributed by atoms with Crippen LogP contribution in [0.25, 0.3) is 6.08 Å². The summed E-state index contributed by atoms with van der Waals surface area (Å²) in [5.74, 6) is -0.873. The molecule has 3 aromatic carbocycles. The molecular formula is C27H22BrClN2O5. The van der Waals surface area contributed by atoms with E-state index in [1.807, 2.05) is 31.2 Å². The van der Waals surface area contributed by atoms with E-state index >= 15 is 0 Å². The van der Waals surface area contributed by atoms with E-state index in [0.717, 1.165) is 20.5 Å².